The molecule has 2 unspecified atom stereocenters. The Labute approximate surface area is 144 Å². The van der Waals surface area contributed by atoms with Crippen LogP contribution in [0, 0.1) is 5.92 Å². The second kappa shape index (κ2) is 7.88. The first-order chi connectivity index (χ1) is 11.7. The van der Waals surface area contributed by atoms with E-state index < -0.39 is 0 Å². The monoisotopic (exact) mass is 326 g/mol. The lowest BCUT2D eigenvalue weighted by molar-refractivity contribution is -0.106. The van der Waals surface area contributed by atoms with Gasteiger partial charge < -0.3 is 9.90 Å². The Balaban J connectivity index is 0.000000475. The predicted octanol–water partition coefficient (Wildman–Crippen LogP) is 3.36. The first kappa shape index (κ1) is 17.9. The van der Waals surface area contributed by atoms with Gasteiger partial charge in [-0.25, -0.2) is 0 Å². The maximum absolute atomic E-state index is 8.81. The lowest BCUT2D eigenvalue weighted by Crippen LogP contribution is -2.28. The Kier molecular flexibility index (Phi) is 5.88. The second-order valence-corrected chi connectivity index (χ2v) is 5.84. The van der Waals surface area contributed by atoms with Crippen molar-refractivity contribution in [1.82, 2.24) is 5.43 Å². The van der Waals surface area contributed by atoms with E-state index in [4.69, 9.17) is 9.90 Å². The molecule has 0 amide bonds. The van der Waals surface area contributed by atoms with Crippen LogP contribution < -0.4 is 5.43 Å². The second-order valence-electron chi connectivity index (χ2n) is 5.84. The van der Waals surface area contributed by atoms with Crippen molar-refractivity contribution >= 4 is 18.1 Å². The zero-order valence-electron chi connectivity index (χ0n) is 14.4. The first-order valence-corrected chi connectivity index (χ1v) is 8.03. The molecule has 1 saturated carbocycles. The number of nitrogens with one attached hydrogen (secondary N) is 1. The summed E-state index contributed by atoms with van der Waals surface area (Å²) < 4.78 is 0. The van der Waals surface area contributed by atoms with Gasteiger partial charge in [-0.15, -0.1) is 0 Å². The topological polar surface area (TPSA) is 61.7 Å². The molecule has 0 aromatic heterocycles. The van der Waals surface area contributed by atoms with Gasteiger partial charge in [-0.3, -0.25) is 5.43 Å². The van der Waals surface area contributed by atoms with E-state index in [1.54, 1.807) is 0 Å². The van der Waals surface area contributed by atoms with Gasteiger partial charge in [-0.2, -0.15) is 5.10 Å². The number of rotatable bonds is 2. The van der Waals surface area contributed by atoms with E-state index in [0.29, 0.717) is 5.92 Å². The van der Waals surface area contributed by atoms with Crippen LogP contribution in [-0.4, -0.2) is 29.8 Å². The van der Waals surface area contributed by atoms with E-state index in [0.717, 1.165) is 19.1 Å². The molecule has 2 atom stereocenters. The Bertz CT molecular complexity index is 708. The Morgan fingerprint density at radius 2 is 1.96 bits per heavy atom. The van der Waals surface area contributed by atoms with Gasteiger partial charge in [0, 0.05) is 20.0 Å². The molecule has 1 aromatic carbocycles. The van der Waals surface area contributed by atoms with Crippen LogP contribution in [0.4, 0.5) is 0 Å². The van der Waals surface area contributed by atoms with Gasteiger partial charge in [0.05, 0.1) is 11.3 Å². The smallest absolute Gasteiger partial charge is 0.116 e. The van der Waals surface area contributed by atoms with Crippen molar-refractivity contribution in [3.05, 3.63) is 65.3 Å². The first-order valence-electron chi connectivity index (χ1n) is 8.03. The number of aliphatic hydroxyl groups is 1. The fourth-order valence-electron chi connectivity index (χ4n) is 3.10. The highest BCUT2D eigenvalue weighted by Gasteiger charge is 2.60. The van der Waals surface area contributed by atoms with Crippen LogP contribution in [0.25, 0.3) is 6.08 Å². The number of benzene rings is 1. The fraction of sp³-hybridized carbons (Fsp3) is 0.300. The molecule has 0 bridgehead atoms. The molecule has 4 rings (SSSR count). The molecule has 24 heavy (non-hydrogen) atoms. The average molecular weight is 326 g/mol. The number of carbonyl (C=O) groups excluding carboxylic acids is 1. The summed E-state index contributed by atoms with van der Waals surface area (Å²) in [7, 11) is 1.00. The maximum atomic E-state index is 8.81. The van der Waals surface area contributed by atoms with Gasteiger partial charge in [0.15, 0.2) is 0 Å². The standard InChI is InChI=1S/C17H16N2.C2H4O.CH4O.H2/c1-12-9-14-11-17(14)15(10-12)16(18-19-17)8-7-13-5-3-2-4-6-13;1-2-3;1-2;/h2-10,14,19H,11H2,1H3;2H,1H3;2H,1H3;1H/b8-7+;;;. The quantitative estimate of drug-likeness (QED) is 0.819. The maximum Gasteiger partial charge on any atom is 0.116 e. The van der Waals surface area contributed by atoms with Crippen molar-refractivity contribution < 1.29 is 11.3 Å². The number of carbonyl (C=O) groups is 1. The molecule has 1 aromatic rings. The average Bonchev–Trinajstić information content (AvgIpc) is 3.21. The molecular weight excluding hydrogens is 300 g/mol. The summed E-state index contributed by atoms with van der Waals surface area (Å²) in [5.74, 6) is 0.638. The van der Waals surface area contributed by atoms with Gasteiger partial charge in [0.2, 0.25) is 0 Å². The molecule has 1 aliphatic heterocycles. The number of aldehydes is 1. The number of hydrazone groups is 1. The molecule has 1 heterocycles. The van der Waals surface area contributed by atoms with Crippen LogP contribution in [0.15, 0.2) is 64.8 Å². The fourth-order valence-corrected chi connectivity index (χ4v) is 3.10. The number of aliphatic hydroxyl groups excluding tert-OH is 1. The van der Waals surface area contributed by atoms with E-state index in [1.165, 1.54) is 30.1 Å². The van der Waals surface area contributed by atoms with Crippen LogP contribution in [0.2, 0.25) is 0 Å². The van der Waals surface area contributed by atoms with E-state index >= 15 is 0 Å². The summed E-state index contributed by atoms with van der Waals surface area (Å²) in [5, 5.41) is 11.5. The summed E-state index contributed by atoms with van der Waals surface area (Å²) in [6, 6.07) is 10.4. The van der Waals surface area contributed by atoms with Crippen LogP contribution in [0.1, 0.15) is 27.3 Å². The van der Waals surface area contributed by atoms with Crippen molar-refractivity contribution in [2.24, 2.45) is 11.0 Å². The Morgan fingerprint density at radius 1 is 1.29 bits per heavy atom. The highest BCUT2D eigenvalue weighted by atomic mass is 16.2. The van der Waals surface area contributed by atoms with Crippen LogP contribution in [0.3, 0.4) is 0 Å². The third-order valence-electron chi connectivity index (χ3n) is 4.22. The number of allylic oxidation sites excluding steroid dienone is 3. The van der Waals surface area contributed by atoms with E-state index in [2.05, 4.69) is 66.0 Å². The van der Waals surface area contributed by atoms with Gasteiger partial charge in [0.1, 0.15) is 6.29 Å². The van der Waals surface area contributed by atoms with Gasteiger partial charge in [-0.1, -0.05) is 54.1 Å². The Morgan fingerprint density at radius 3 is 2.62 bits per heavy atom. The van der Waals surface area contributed by atoms with Crippen LogP contribution in [0.5, 0.6) is 0 Å². The third-order valence-corrected chi connectivity index (χ3v) is 4.22. The lowest BCUT2D eigenvalue weighted by Gasteiger charge is -2.15. The van der Waals surface area contributed by atoms with E-state index in [1.807, 2.05) is 6.07 Å². The van der Waals surface area contributed by atoms with Crippen LogP contribution in [-0.2, 0) is 4.79 Å². The highest BCUT2D eigenvalue weighted by molar-refractivity contribution is 6.14. The summed E-state index contributed by atoms with van der Waals surface area (Å²) in [5.41, 5.74) is 8.49. The number of hydrogen-bond donors (Lipinski definition) is 2. The normalized spacial score (nSPS) is 25.3. The Hall–Kier alpha value is -2.46. The van der Waals surface area contributed by atoms with Gasteiger partial charge in [-0.05, 0) is 31.9 Å². The third kappa shape index (κ3) is 3.54. The van der Waals surface area contributed by atoms with E-state index in [-0.39, 0.29) is 6.97 Å². The molecule has 2 N–H and O–H groups in total. The summed E-state index contributed by atoms with van der Waals surface area (Å²) >= 11 is 0. The minimum Gasteiger partial charge on any atom is -0.400 e. The largest absolute Gasteiger partial charge is 0.400 e. The lowest BCUT2D eigenvalue weighted by atomic mass is 9.92. The van der Waals surface area contributed by atoms with Crippen molar-refractivity contribution in [2.45, 2.75) is 25.8 Å². The molecule has 2 aliphatic carbocycles. The molecule has 4 heteroatoms. The van der Waals surface area contributed by atoms with Crippen LogP contribution >= 0.6 is 0 Å². The van der Waals surface area contributed by atoms with Gasteiger partial charge >= 0.3 is 0 Å². The SMILES string of the molecule is CC1=CC2CC23NN=C(/C=C/c2ccccc2)C3=C1.CC=O.CO.[HH]. The molecule has 3 aliphatic rings. The highest BCUT2D eigenvalue weighted by Crippen LogP contribution is 2.55. The molecule has 1 spiro atoms. The van der Waals surface area contributed by atoms with Crippen molar-refractivity contribution in [1.29, 1.82) is 0 Å². The molecular formula is C20H26N2O2. The van der Waals surface area contributed by atoms with Gasteiger partial charge in [0.25, 0.3) is 0 Å². The minimum atomic E-state index is 0. The predicted molar refractivity (Wildman–Crippen MR) is 101 cm³/mol. The van der Waals surface area contributed by atoms with Crippen molar-refractivity contribution in [2.75, 3.05) is 7.11 Å². The summed E-state index contributed by atoms with van der Waals surface area (Å²) in [6.45, 7) is 3.62. The number of hydrogen-bond acceptors (Lipinski definition) is 4. The zero-order chi connectivity index (χ0) is 17.6. The molecule has 4 nitrogen and oxygen atoms in total. The van der Waals surface area contributed by atoms with Crippen molar-refractivity contribution in [3.63, 3.8) is 0 Å². The van der Waals surface area contributed by atoms with E-state index in [9.17, 15) is 0 Å². The molecule has 0 radical (unpaired) electrons. The zero-order valence-corrected chi connectivity index (χ0v) is 14.4. The minimum absolute atomic E-state index is 0. The number of nitrogens with zero attached hydrogens (tertiary/aromatic N) is 1. The molecule has 128 valence electrons. The molecule has 0 saturated heterocycles. The summed E-state index contributed by atoms with van der Waals surface area (Å²) in [4.78, 5) is 8.81. The molecule has 1 fully saturated rings. The summed E-state index contributed by atoms with van der Waals surface area (Å²) in [6.07, 6.45) is 10.8. The van der Waals surface area contributed by atoms with Crippen molar-refractivity contribution in [3.8, 4) is 0 Å².